The third-order valence-electron chi connectivity index (χ3n) is 3.86. The second-order valence-electron chi connectivity index (χ2n) is 5.48. The molecule has 0 amide bonds. The summed E-state index contributed by atoms with van der Waals surface area (Å²) in [5, 5.41) is 10.9. The Balaban J connectivity index is 2.11. The van der Waals surface area contributed by atoms with Crippen molar-refractivity contribution in [1.29, 1.82) is 0 Å². The van der Waals surface area contributed by atoms with Crippen LogP contribution < -0.4 is 0 Å². The molecule has 1 aliphatic rings. The first-order valence-corrected chi connectivity index (χ1v) is 7.01. The van der Waals surface area contributed by atoms with Crippen molar-refractivity contribution in [3.05, 3.63) is 29.6 Å². The summed E-state index contributed by atoms with van der Waals surface area (Å²) in [6.07, 6.45) is 7.57. The van der Waals surface area contributed by atoms with Crippen molar-refractivity contribution in [3.63, 3.8) is 0 Å². The van der Waals surface area contributed by atoms with Crippen LogP contribution in [0.2, 0.25) is 0 Å². The van der Waals surface area contributed by atoms with Crippen LogP contribution in [0, 0.1) is 6.92 Å². The number of pyridine rings is 1. The van der Waals surface area contributed by atoms with Gasteiger partial charge in [-0.05, 0) is 51.3 Å². The van der Waals surface area contributed by atoms with Crippen molar-refractivity contribution in [3.8, 4) is 0 Å². The average Bonchev–Trinajstić information content (AvgIpc) is 2.54. The molecule has 1 N–H and O–H groups in total. The van der Waals surface area contributed by atoms with Crippen LogP contribution in [0.5, 0.6) is 0 Å². The lowest BCUT2D eigenvalue weighted by Gasteiger charge is -2.27. The van der Waals surface area contributed by atoms with Gasteiger partial charge in [-0.15, -0.1) is 0 Å². The quantitative estimate of drug-likeness (QED) is 0.892. The largest absolute Gasteiger partial charge is 0.385 e. The molecule has 0 saturated carbocycles. The molecule has 1 unspecified atom stereocenters. The highest BCUT2D eigenvalue weighted by molar-refractivity contribution is 5.23. The van der Waals surface area contributed by atoms with Gasteiger partial charge in [0.25, 0.3) is 0 Å². The number of aromatic nitrogens is 1. The van der Waals surface area contributed by atoms with Gasteiger partial charge in [0, 0.05) is 24.5 Å². The zero-order valence-electron chi connectivity index (χ0n) is 11.5. The van der Waals surface area contributed by atoms with E-state index >= 15 is 0 Å². The van der Waals surface area contributed by atoms with Gasteiger partial charge in [0.2, 0.25) is 0 Å². The molecule has 0 aliphatic carbocycles. The first-order chi connectivity index (χ1) is 8.64. The van der Waals surface area contributed by atoms with Gasteiger partial charge in [-0.1, -0.05) is 13.0 Å². The molecule has 0 spiro atoms. The Bertz CT molecular complexity index is 394. The Morgan fingerprint density at radius 3 is 2.89 bits per heavy atom. The van der Waals surface area contributed by atoms with E-state index in [1.165, 1.54) is 6.42 Å². The van der Waals surface area contributed by atoms with Gasteiger partial charge in [-0.2, -0.15) is 0 Å². The lowest BCUT2D eigenvalue weighted by molar-refractivity contribution is 0.0208. The van der Waals surface area contributed by atoms with Gasteiger partial charge in [-0.3, -0.25) is 4.98 Å². The molecule has 0 bridgehead atoms. The second kappa shape index (κ2) is 5.81. The molecular formula is C15H24N2O. The third-order valence-corrected chi connectivity index (χ3v) is 3.86. The van der Waals surface area contributed by atoms with E-state index in [-0.39, 0.29) is 0 Å². The van der Waals surface area contributed by atoms with Gasteiger partial charge in [0.1, 0.15) is 0 Å². The minimum absolute atomic E-state index is 0.679. The van der Waals surface area contributed by atoms with E-state index in [0.717, 1.165) is 50.0 Å². The molecule has 1 aromatic heterocycles. The summed E-state index contributed by atoms with van der Waals surface area (Å²) in [5.74, 6) is 0. The van der Waals surface area contributed by atoms with Gasteiger partial charge in [-0.25, -0.2) is 0 Å². The topological polar surface area (TPSA) is 36.4 Å². The third kappa shape index (κ3) is 3.09. The molecule has 0 radical (unpaired) electrons. The lowest BCUT2D eigenvalue weighted by atomic mass is 9.87. The highest BCUT2D eigenvalue weighted by atomic mass is 16.3. The van der Waals surface area contributed by atoms with E-state index in [1.54, 1.807) is 0 Å². The number of likely N-dealkylation sites (tertiary alicyclic amines) is 1. The molecule has 18 heavy (non-hydrogen) atoms. The summed E-state index contributed by atoms with van der Waals surface area (Å²) >= 11 is 0. The first kappa shape index (κ1) is 13.5. The minimum Gasteiger partial charge on any atom is -0.385 e. The molecule has 2 heterocycles. The summed E-state index contributed by atoms with van der Waals surface area (Å²) < 4.78 is 0. The number of rotatable bonds is 3. The van der Waals surface area contributed by atoms with Crippen LogP contribution in [0.1, 0.15) is 43.7 Å². The van der Waals surface area contributed by atoms with Crippen molar-refractivity contribution in [2.24, 2.45) is 0 Å². The van der Waals surface area contributed by atoms with Crippen LogP contribution in [0.3, 0.4) is 0 Å². The average molecular weight is 248 g/mol. The van der Waals surface area contributed by atoms with E-state index < -0.39 is 5.60 Å². The number of hydrogen-bond donors (Lipinski definition) is 1. The molecule has 1 aromatic rings. The van der Waals surface area contributed by atoms with E-state index in [0.29, 0.717) is 0 Å². The second-order valence-corrected chi connectivity index (χ2v) is 5.48. The predicted molar refractivity (Wildman–Crippen MR) is 73.5 cm³/mol. The molecule has 1 atom stereocenters. The van der Waals surface area contributed by atoms with Crippen molar-refractivity contribution in [1.82, 2.24) is 9.88 Å². The normalized spacial score (nSPS) is 25.9. The molecule has 0 aromatic carbocycles. The maximum atomic E-state index is 10.9. The summed E-state index contributed by atoms with van der Waals surface area (Å²) in [4.78, 5) is 6.68. The Labute approximate surface area is 110 Å². The van der Waals surface area contributed by atoms with Crippen LogP contribution >= 0.6 is 0 Å². The number of aliphatic hydroxyl groups is 1. The Kier molecular flexibility index (Phi) is 4.36. The summed E-state index contributed by atoms with van der Waals surface area (Å²) in [6, 6.07) is 2.07. The molecule has 1 fully saturated rings. The maximum Gasteiger partial charge on any atom is 0.0924 e. The van der Waals surface area contributed by atoms with Crippen molar-refractivity contribution < 1.29 is 5.11 Å². The van der Waals surface area contributed by atoms with E-state index in [4.69, 9.17) is 0 Å². The number of hydrogen-bond acceptors (Lipinski definition) is 3. The fourth-order valence-corrected chi connectivity index (χ4v) is 2.81. The highest BCUT2D eigenvalue weighted by Gasteiger charge is 2.32. The number of aryl methyl sites for hydroxylation is 1. The summed E-state index contributed by atoms with van der Waals surface area (Å²) in [6.45, 7) is 7.47. The fourth-order valence-electron chi connectivity index (χ4n) is 2.81. The van der Waals surface area contributed by atoms with Crippen LogP contribution in [0.4, 0.5) is 0 Å². The van der Waals surface area contributed by atoms with Crippen LogP contribution in [0.15, 0.2) is 18.5 Å². The number of nitrogens with zero attached hydrogens (tertiary/aromatic N) is 2. The first-order valence-electron chi connectivity index (χ1n) is 7.01. The van der Waals surface area contributed by atoms with Gasteiger partial charge >= 0.3 is 0 Å². The van der Waals surface area contributed by atoms with Crippen molar-refractivity contribution >= 4 is 0 Å². The smallest absolute Gasteiger partial charge is 0.0924 e. The van der Waals surface area contributed by atoms with Gasteiger partial charge in [0.05, 0.1) is 5.60 Å². The fraction of sp³-hybridized carbons (Fsp3) is 0.667. The van der Waals surface area contributed by atoms with E-state index in [2.05, 4.69) is 22.9 Å². The zero-order chi connectivity index (χ0) is 13.0. The molecule has 3 nitrogen and oxygen atoms in total. The minimum atomic E-state index is -0.679. The highest BCUT2D eigenvalue weighted by Crippen LogP contribution is 2.32. The molecule has 1 aliphatic heterocycles. The van der Waals surface area contributed by atoms with Crippen molar-refractivity contribution in [2.45, 2.75) is 45.1 Å². The molecular weight excluding hydrogens is 224 g/mol. The van der Waals surface area contributed by atoms with Gasteiger partial charge in [0.15, 0.2) is 0 Å². The molecule has 100 valence electrons. The Hall–Kier alpha value is -0.930. The van der Waals surface area contributed by atoms with Gasteiger partial charge < -0.3 is 10.0 Å². The zero-order valence-corrected chi connectivity index (χ0v) is 11.5. The summed E-state index contributed by atoms with van der Waals surface area (Å²) in [7, 11) is 0. The van der Waals surface area contributed by atoms with E-state index in [1.807, 2.05) is 19.3 Å². The van der Waals surface area contributed by atoms with Crippen LogP contribution in [-0.2, 0) is 5.60 Å². The molecule has 2 rings (SSSR count). The lowest BCUT2D eigenvalue weighted by Crippen LogP contribution is -2.29. The SMILES string of the molecule is CCCN1CCCC(O)(c2cncc(C)c2)CC1. The Morgan fingerprint density at radius 1 is 1.33 bits per heavy atom. The molecule has 1 saturated heterocycles. The monoisotopic (exact) mass is 248 g/mol. The maximum absolute atomic E-state index is 10.9. The standard InChI is InChI=1S/C15H24N2O/c1-3-7-17-8-4-5-15(18,6-9-17)14-10-13(2)11-16-12-14/h10-12,18H,3-9H2,1-2H3. The van der Waals surface area contributed by atoms with Crippen molar-refractivity contribution in [2.75, 3.05) is 19.6 Å². The Morgan fingerprint density at radius 2 is 2.17 bits per heavy atom. The predicted octanol–water partition coefficient (Wildman–Crippen LogP) is 2.47. The van der Waals surface area contributed by atoms with E-state index in [9.17, 15) is 5.11 Å². The summed E-state index contributed by atoms with van der Waals surface area (Å²) in [5.41, 5.74) is 1.43. The molecule has 3 heteroatoms. The van der Waals surface area contributed by atoms with Crippen LogP contribution in [0.25, 0.3) is 0 Å². The van der Waals surface area contributed by atoms with Crippen LogP contribution in [-0.4, -0.2) is 34.6 Å².